The Labute approximate surface area is 119 Å². The summed E-state index contributed by atoms with van der Waals surface area (Å²) in [6, 6.07) is 7.44. The van der Waals surface area contributed by atoms with Crippen LogP contribution in [0.5, 0.6) is 0 Å². The SMILES string of the molecule is Fc1ccc(Cn2ccc(CNC3CC3)n2)c(Br)c1. The summed E-state index contributed by atoms with van der Waals surface area (Å²) in [4.78, 5) is 0. The quantitative estimate of drug-likeness (QED) is 0.916. The van der Waals surface area contributed by atoms with E-state index in [9.17, 15) is 4.39 Å². The fourth-order valence-corrected chi connectivity index (χ4v) is 2.42. The zero-order valence-corrected chi connectivity index (χ0v) is 12.0. The maximum absolute atomic E-state index is 13.0. The third-order valence-corrected chi connectivity index (χ3v) is 3.93. The summed E-state index contributed by atoms with van der Waals surface area (Å²) >= 11 is 3.38. The van der Waals surface area contributed by atoms with Crippen LogP contribution in [0.2, 0.25) is 0 Å². The molecule has 0 bridgehead atoms. The second kappa shape index (κ2) is 5.43. The Kier molecular flexibility index (Phi) is 3.66. The predicted molar refractivity (Wildman–Crippen MR) is 75.3 cm³/mol. The molecular weight excluding hydrogens is 309 g/mol. The van der Waals surface area contributed by atoms with E-state index in [2.05, 4.69) is 26.3 Å². The largest absolute Gasteiger partial charge is 0.308 e. The number of benzene rings is 1. The minimum Gasteiger partial charge on any atom is -0.308 e. The van der Waals surface area contributed by atoms with Gasteiger partial charge in [0.15, 0.2) is 0 Å². The molecule has 0 aliphatic heterocycles. The Morgan fingerprint density at radius 2 is 2.21 bits per heavy atom. The third kappa shape index (κ3) is 3.42. The predicted octanol–water partition coefficient (Wildman–Crippen LogP) is 3.09. The number of rotatable bonds is 5. The van der Waals surface area contributed by atoms with Crippen molar-refractivity contribution in [3.05, 3.63) is 52.0 Å². The zero-order valence-electron chi connectivity index (χ0n) is 10.4. The van der Waals surface area contributed by atoms with Crippen molar-refractivity contribution in [1.82, 2.24) is 15.1 Å². The number of hydrogen-bond donors (Lipinski definition) is 1. The lowest BCUT2D eigenvalue weighted by Crippen LogP contribution is -2.16. The molecule has 1 N–H and O–H groups in total. The van der Waals surface area contributed by atoms with Crippen LogP contribution in [0.4, 0.5) is 4.39 Å². The molecule has 5 heteroatoms. The molecule has 0 spiro atoms. The molecule has 0 saturated heterocycles. The monoisotopic (exact) mass is 323 g/mol. The Hall–Kier alpha value is -1.20. The molecule has 1 heterocycles. The van der Waals surface area contributed by atoms with Gasteiger partial charge in [-0.3, -0.25) is 4.68 Å². The van der Waals surface area contributed by atoms with Gasteiger partial charge in [-0.05, 0) is 36.6 Å². The normalized spacial score (nSPS) is 14.8. The van der Waals surface area contributed by atoms with Crippen LogP contribution in [0.1, 0.15) is 24.1 Å². The Bertz CT molecular complexity index is 578. The van der Waals surface area contributed by atoms with Crippen LogP contribution in [0.25, 0.3) is 0 Å². The van der Waals surface area contributed by atoms with E-state index in [-0.39, 0.29) is 5.82 Å². The number of aromatic nitrogens is 2. The highest BCUT2D eigenvalue weighted by Gasteiger charge is 2.20. The van der Waals surface area contributed by atoms with E-state index < -0.39 is 0 Å². The highest BCUT2D eigenvalue weighted by molar-refractivity contribution is 9.10. The summed E-state index contributed by atoms with van der Waals surface area (Å²) in [7, 11) is 0. The number of halogens is 2. The topological polar surface area (TPSA) is 29.9 Å². The van der Waals surface area contributed by atoms with Crippen molar-refractivity contribution in [1.29, 1.82) is 0 Å². The summed E-state index contributed by atoms with van der Waals surface area (Å²) in [5.41, 5.74) is 2.07. The van der Waals surface area contributed by atoms with Gasteiger partial charge in [0, 0.05) is 23.3 Å². The highest BCUT2D eigenvalue weighted by Crippen LogP contribution is 2.20. The minimum atomic E-state index is -0.231. The number of nitrogens with one attached hydrogen (secondary N) is 1. The molecule has 1 saturated carbocycles. The van der Waals surface area contributed by atoms with E-state index in [1.165, 1.54) is 25.0 Å². The molecule has 1 aromatic carbocycles. The summed E-state index contributed by atoms with van der Waals surface area (Å²) in [5.74, 6) is -0.231. The zero-order chi connectivity index (χ0) is 13.2. The third-order valence-electron chi connectivity index (χ3n) is 3.19. The van der Waals surface area contributed by atoms with Crippen LogP contribution >= 0.6 is 15.9 Å². The van der Waals surface area contributed by atoms with Crippen molar-refractivity contribution in [2.24, 2.45) is 0 Å². The van der Waals surface area contributed by atoms with E-state index in [1.54, 1.807) is 6.07 Å². The van der Waals surface area contributed by atoms with Gasteiger partial charge in [0.1, 0.15) is 5.82 Å². The molecule has 0 radical (unpaired) electrons. The molecule has 1 aliphatic rings. The van der Waals surface area contributed by atoms with E-state index in [1.807, 2.05) is 16.9 Å². The molecule has 1 aromatic heterocycles. The second-order valence-electron chi connectivity index (χ2n) is 4.90. The standard InChI is InChI=1S/C14H15BrFN3/c15-14-7-11(16)2-1-10(14)9-19-6-5-13(18-19)8-17-12-3-4-12/h1-2,5-7,12,17H,3-4,8-9H2. The van der Waals surface area contributed by atoms with Gasteiger partial charge < -0.3 is 5.32 Å². The molecule has 0 unspecified atom stereocenters. The molecule has 2 aromatic rings. The number of hydrogen-bond acceptors (Lipinski definition) is 2. The van der Waals surface area contributed by atoms with Crippen molar-refractivity contribution < 1.29 is 4.39 Å². The van der Waals surface area contributed by atoms with Gasteiger partial charge >= 0.3 is 0 Å². The molecule has 19 heavy (non-hydrogen) atoms. The lowest BCUT2D eigenvalue weighted by molar-refractivity contribution is 0.617. The first-order chi connectivity index (χ1) is 9.20. The lowest BCUT2D eigenvalue weighted by Gasteiger charge is -2.05. The maximum atomic E-state index is 13.0. The first-order valence-electron chi connectivity index (χ1n) is 6.40. The molecule has 3 rings (SSSR count). The summed E-state index contributed by atoms with van der Waals surface area (Å²) in [6.45, 7) is 1.46. The minimum absolute atomic E-state index is 0.231. The van der Waals surface area contributed by atoms with E-state index in [0.717, 1.165) is 22.3 Å². The van der Waals surface area contributed by atoms with Gasteiger partial charge in [0.05, 0.1) is 12.2 Å². The van der Waals surface area contributed by atoms with Gasteiger partial charge in [0.2, 0.25) is 0 Å². The van der Waals surface area contributed by atoms with Gasteiger partial charge in [-0.25, -0.2) is 4.39 Å². The van der Waals surface area contributed by atoms with Gasteiger partial charge in [-0.2, -0.15) is 5.10 Å². The van der Waals surface area contributed by atoms with Crippen LogP contribution in [-0.2, 0) is 13.1 Å². The molecule has 1 aliphatic carbocycles. The van der Waals surface area contributed by atoms with E-state index >= 15 is 0 Å². The fraction of sp³-hybridized carbons (Fsp3) is 0.357. The second-order valence-corrected chi connectivity index (χ2v) is 5.75. The Balaban J connectivity index is 1.65. The molecule has 3 nitrogen and oxygen atoms in total. The molecular formula is C14H15BrFN3. The molecule has 0 amide bonds. The first kappa shape index (κ1) is 12.8. The lowest BCUT2D eigenvalue weighted by atomic mass is 10.2. The Morgan fingerprint density at radius 1 is 1.37 bits per heavy atom. The molecule has 100 valence electrons. The van der Waals surface area contributed by atoms with E-state index in [4.69, 9.17) is 0 Å². The van der Waals surface area contributed by atoms with Crippen LogP contribution < -0.4 is 5.32 Å². The molecule has 0 atom stereocenters. The molecule has 1 fully saturated rings. The first-order valence-corrected chi connectivity index (χ1v) is 7.19. The fourth-order valence-electron chi connectivity index (χ4n) is 1.95. The summed E-state index contributed by atoms with van der Waals surface area (Å²) < 4.78 is 15.7. The van der Waals surface area contributed by atoms with Crippen LogP contribution in [0.3, 0.4) is 0 Å². The maximum Gasteiger partial charge on any atom is 0.124 e. The van der Waals surface area contributed by atoms with Gasteiger partial charge in [-0.1, -0.05) is 22.0 Å². The average Bonchev–Trinajstić information content (AvgIpc) is 3.10. The van der Waals surface area contributed by atoms with Crippen molar-refractivity contribution in [3.8, 4) is 0 Å². The highest BCUT2D eigenvalue weighted by atomic mass is 79.9. The van der Waals surface area contributed by atoms with Crippen molar-refractivity contribution in [2.75, 3.05) is 0 Å². The Morgan fingerprint density at radius 3 is 2.95 bits per heavy atom. The van der Waals surface area contributed by atoms with Crippen LogP contribution in [-0.4, -0.2) is 15.8 Å². The van der Waals surface area contributed by atoms with Crippen molar-refractivity contribution in [3.63, 3.8) is 0 Å². The van der Waals surface area contributed by atoms with Crippen molar-refractivity contribution in [2.45, 2.75) is 32.0 Å². The van der Waals surface area contributed by atoms with Crippen LogP contribution in [0, 0.1) is 5.82 Å². The van der Waals surface area contributed by atoms with Crippen molar-refractivity contribution >= 4 is 15.9 Å². The smallest absolute Gasteiger partial charge is 0.124 e. The summed E-state index contributed by atoms with van der Waals surface area (Å²) in [6.07, 6.45) is 4.52. The van der Waals surface area contributed by atoms with Gasteiger partial charge in [-0.15, -0.1) is 0 Å². The average molecular weight is 324 g/mol. The number of nitrogens with zero attached hydrogens (tertiary/aromatic N) is 2. The van der Waals surface area contributed by atoms with Crippen LogP contribution in [0.15, 0.2) is 34.9 Å². The van der Waals surface area contributed by atoms with Gasteiger partial charge in [0.25, 0.3) is 0 Å². The van der Waals surface area contributed by atoms with E-state index in [0.29, 0.717) is 12.6 Å². The summed E-state index contributed by atoms with van der Waals surface area (Å²) in [5, 5.41) is 7.94.